The van der Waals surface area contributed by atoms with Gasteiger partial charge in [-0.3, -0.25) is 4.79 Å². The molecule has 1 aromatic carbocycles. The van der Waals surface area contributed by atoms with Gasteiger partial charge in [-0.25, -0.2) is 8.42 Å². The minimum absolute atomic E-state index is 0.0162. The summed E-state index contributed by atoms with van der Waals surface area (Å²) in [5, 5.41) is 2.69. The van der Waals surface area contributed by atoms with Gasteiger partial charge in [0, 0.05) is 29.4 Å². The van der Waals surface area contributed by atoms with Crippen LogP contribution in [0.25, 0.3) is 0 Å². The van der Waals surface area contributed by atoms with Crippen molar-refractivity contribution in [2.24, 2.45) is 0 Å². The summed E-state index contributed by atoms with van der Waals surface area (Å²) in [7, 11) is 1.46. The van der Waals surface area contributed by atoms with Crippen LogP contribution in [0.2, 0.25) is 0 Å². The van der Waals surface area contributed by atoms with Crippen LogP contribution in [-0.4, -0.2) is 34.1 Å². The second-order valence-corrected chi connectivity index (χ2v) is 6.43. The summed E-state index contributed by atoms with van der Waals surface area (Å²) in [6, 6.07) is 4.13. The minimum atomic E-state index is -3.77. The fourth-order valence-corrected chi connectivity index (χ4v) is 2.35. The first-order valence-corrected chi connectivity index (χ1v) is 8.08. The summed E-state index contributed by atoms with van der Waals surface area (Å²) in [5.74, 6) is -0.268. The molecule has 5 nitrogen and oxygen atoms in total. The van der Waals surface area contributed by atoms with Crippen molar-refractivity contribution < 1.29 is 17.9 Å². The number of hydrogen-bond acceptors (Lipinski definition) is 4. The van der Waals surface area contributed by atoms with E-state index >= 15 is 0 Å². The van der Waals surface area contributed by atoms with Gasteiger partial charge in [0.05, 0.1) is 11.5 Å². The molecule has 0 radical (unpaired) electrons. The van der Waals surface area contributed by atoms with Gasteiger partial charge in [0.1, 0.15) is 0 Å². The number of halogens is 1. The minimum Gasteiger partial charge on any atom is -0.380 e. The molecule has 0 spiro atoms. The van der Waals surface area contributed by atoms with E-state index in [1.54, 1.807) is 6.92 Å². The highest BCUT2D eigenvalue weighted by molar-refractivity contribution is 8.13. The summed E-state index contributed by atoms with van der Waals surface area (Å²) in [6.07, 6.45) is 0. The van der Waals surface area contributed by atoms with E-state index in [4.69, 9.17) is 15.4 Å². The molecule has 1 rings (SSSR count). The molecule has 0 saturated heterocycles. The SMILES string of the molecule is CCOCCNC(=O)c1ccc(S(=O)(=O)Cl)cc1C. The summed E-state index contributed by atoms with van der Waals surface area (Å²) >= 11 is 0. The van der Waals surface area contributed by atoms with Crippen LogP contribution in [0.5, 0.6) is 0 Å². The van der Waals surface area contributed by atoms with Crippen LogP contribution < -0.4 is 5.32 Å². The van der Waals surface area contributed by atoms with Gasteiger partial charge in [-0.1, -0.05) is 0 Å². The average molecular weight is 306 g/mol. The predicted molar refractivity (Wildman–Crippen MR) is 73.0 cm³/mol. The third-order valence-electron chi connectivity index (χ3n) is 2.46. The lowest BCUT2D eigenvalue weighted by molar-refractivity contribution is 0.0922. The standard InChI is InChI=1S/C12H16ClNO4S/c1-3-18-7-6-14-12(15)11-5-4-10(8-9(11)2)19(13,16)17/h4-5,8H,3,6-7H2,1-2H3,(H,14,15). The summed E-state index contributed by atoms with van der Waals surface area (Å²) in [4.78, 5) is 11.8. The molecule has 1 amide bonds. The van der Waals surface area contributed by atoms with Crippen molar-refractivity contribution in [3.63, 3.8) is 0 Å². The molecule has 1 N–H and O–H groups in total. The first kappa shape index (κ1) is 15.9. The van der Waals surface area contributed by atoms with Crippen LogP contribution in [0.1, 0.15) is 22.8 Å². The van der Waals surface area contributed by atoms with Crippen LogP contribution in [0.3, 0.4) is 0 Å². The summed E-state index contributed by atoms with van der Waals surface area (Å²) < 4.78 is 27.4. The molecule has 0 bridgehead atoms. The Kier molecular flexibility index (Phi) is 5.78. The van der Waals surface area contributed by atoms with Gasteiger partial charge in [-0.05, 0) is 37.6 Å². The fourth-order valence-electron chi connectivity index (χ4n) is 1.52. The number of carbonyl (C=O) groups excluding carboxylic acids is 1. The Bertz CT molecular complexity index is 557. The van der Waals surface area contributed by atoms with E-state index in [-0.39, 0.29) is 10.8 Å². The normalized spacial score (nSPS) is 11.3. The Balaban J connectivity index is 2.77. The topological polar surface area (TPSA) is 72.5 Å². The molecule has 0 aliphatic rings. The van der Waals surface area contributed by atoms with E-state index < -0.39 is 9.05 Å². The van der Waals surface area contributed by atoms with Crippen molar-refractivity contribution in [1.82, 2.24) is 5.32 Å². The van der Waals surface area contributed by atoms with Crippen molar-refractivity contribution in [3.8, 4) is 0 Å². The number of benzene rings is 1. The lowest BCUT2D eigenvalue weighted by Crippen LogP contribution is -2.27. The molecule has 0 aliphatic carbocycles. The highest BCUT2D eigenvalue weighted by Crippen LogP contribution is 2.18. The molecule has 0 atom stereocenters. The maximum absolute atomic E-state index is 11.8. The number of nitrogens with one attached hydrogen (secondary N) is 1. The maximum Gasteiger partial charge on any atom is 0.261 e. The van der Waals surface area contributed by atoms with E-state index in [1.165, 1.54) is 18.2 Å². The highest BCUT2D eigenvalue weighted by atomic mass is 35.7. The molecule has 0 unspecified atom stereocenters. The average Bonchev–Trinajstić information content (AvgIpc) is 2.33. The lowest BCUT2D eigenvalue weighted by atomic mass is 10.1. The van der Waals surface area contributed by atoms with Crippen molar-refractivity contribution >= 4 is 25.6 Å². The zero-order valence-electron chi connectivity index (χ0n) is 10.8. The molecule has 0 aliphatic heterocycles. The Morgan fingerprint density at radius 2 is 2.11 bits per heavy atom. The second-order valence-electron chi connectivity index (χ2n) is 3.87. The van der Waals surface area contributed by atoms with E-state index in [1.807, 2.05) is 6.92 Å². The van der Waals surface area contributed by atoms with Gasteiger partial charge in [0.2, 0.25) is 0 Å². The van der Waals surface area contributed by atoms with Crippen molar-refractivity contribution in [3.05, 3.63) is 29.3 Å². The summed E-state index contributed by atoms with van der Waals surface area (Å²) in [6.45, 7) is 4.97. The first-order valence-electron chi connectivity index (χ1n) is 5.77. The molecular weight excluding hydrogens is 290 g/mol. The molecule has 0 aromatic heterocycles. The van der Waals surface area contributed by atoms with Gasteiger partial charge in [-0.15, -0.1) is 0 Å². The Morgan fingerprint density at radius 1 is 1.42 bits per heavy atom. The molecule has 0 heterocycles. The molecule has 1 aromatic rings. The molecule has 19 heavy (non-hydrogen) atoms. The zero-order chi connectivity index (χ0) is 14.5. The predicted octanol–water partition coefficient (Wildman–Crippen LogP) is 1.69. The number of carbonyl (C=O) groups is 1. The van der Waals surface area contributed by atoms with Gasteiger partial charge >= 0.3 is 0 Å². The lowest BCUT2D eigenvalue weighted by Gasteiger charge is -2.08. The molecule has 0 fully saturated rings. The fraction of sp³-hybridized carbons (Fsp3) is 0.417. The number of ether oxygens (including phenoxy) is 1. The number of hydrogen-bond donors (Lipinski definition) is 1. The van der Waals surface area contributed by atoms with E-state index in [0.717, 1.165) is 0 Å². The molecular formula is C12H16ClNO4S. The van der Waals surface area contributed by atoms with Crippen LogP contribution in [0, 0.1) is 6.92 Å². The van der Waals surface area contributed by atoms with Crippen molar-refractivity contribution in [2.75, 3.05) is 19.8 Å². The molecule has 7 heteroatoms. The molecule has 0 saturated carbocycles. The van der Waals surface area contributed by atoms with Gasteiger partial charge in [0.15, 0.2) is 0 Å². The zero-order valence-corrected chi connectivity index (χ0v) is 12.3. The van der Waals surface area contributed by atoms with Crippen molar-refractivity contribution in [2.45, 2.75) is 18.7 Å². The van der Waals surface area contributed by atoms with Crippen molar-refractivity contribution in [1.29, 1.82) is 0 Å². The second kappa shape index (κ2) is 6.88. The van der Waals surface area contributed by atoms with Crippen LogP contribution in [-0.2, 0) is 13.8 Å². The third kappa shape index (κ3) is 4.81. The molecule has 106 valence electrons. The van der Waals surface area contributed by atoms with E-state index in [2.05, 4.69) is 5.32 Å². The first-order chi connectivity index (χ1) is 8.86. The summed E-state index contributed by atoms with van der Waals surface area (Å²) in [5.41, 5.74) is 0.969. The van der Waals surface area contributed by atoms with Crippen LogP contribution >= 0.6 is 10.7 Å². The monoisotopic (exact) mass is 305 g/mol. The smallest absolute Gasteiger partial charge is 0.261 e. The van der Waals surface area contributed by atoms with E-state index in [9.17, 15) is 13.2 Å². The van der Waals surface area contributed by atoms with E-state index in [0.29, 0.717) is 30.9 Å². The van der Waals surface area contributed by atoms with Crippen LogP contribution in [0.15, 0.2) is 23.1 Å². The highest BCUT2D eigenvalue weighted by Gasteiger charge is 2.14. The maximum atomic E-state index is 11.8. The Labute approximate surface area is 117 Å². The number of amides is 1. The Hall–Kier alpha value is -1.11. The van der Waals surface area contributed by atoms with Crippen LogP contribution in [0.4, 0.5) is 0 Å². The Morgan fingerprint density at radius 3 is 2.63 bits per heavy atom. The number of rotatable bonds is 6. The van der Waals surface area contributed by atoms with Gasteiger partial charge < -0.3 is 10.1 Å². The van der Waals surface area contributed by atoms with Gasteiger partial charge in [0.25, 0.3) is 15.0 Å². The largest absolute Gasteiger partial charge is 0.380 e. The van der Waals surface area contributed by atoms with Gasteiger partial charge in [-0.2, -0.15) is 0 Å². The third-order valence-corrected chi connectivity index (χ3v) is 3.81. The number of aryl methyl sites for hydroxylation is 1. The quantitative estimate of drug-likeness (QED) is 0.641.